The lowest BCUT2D eigenvalue weighted by molar-refractivity contribution is 0.398. The molecular weight excluding hydrogens is 280 g/mol. The van der Waals surface area contributed by atoms with Crippen LogP contribution < -0.4 is 4.74 Å². The lowest BCUT2D eigenvalue weighted by Gasteiger charge is -1.99. The zero-order valence-corrected chi connectivity index (χ0v) is 13.1. The number of furan rings is 1. The SMILES string of the molecule is CCc1oc(-c2nc(-c3ccnc(OC)c3)nn2C)cc1C. The Kier molecular flexibility index (Phi) is 3.66. The second-order valence-electron chi connectivity index (χ2n) is 5.04. The third-order valence-electron chi connectivity index (χ3n) is 3.53. The minimum Gasteiger partial charge on any atom is -0.481 e. The molecule has 0 radical (unpaired) electrons. The number of nitrogens with zero attached hydrogens (tertiary/aromatic N) is 4. The molecule has 0 atom stereocenters. The molecule has 0 aromatic carbocycles. The largest absolute Gasteiger partial charge is 0.481 e. The van der Waals surface area contributed by atoms with Crippen molar-refractivity contribution < 1.29 is 9.15 Å². The van der Waals surface area contributed by atoms with Crippen LogP contribution in [0.2, 0.25) is 0 Å². The molecule has 22 heavy (non-hydrogen) atoms. The molecule has 0 saturated heterocycles. The maximum Gasteiger partial charge on any atom is 0.213 e. The van der Waals surface area contributed by atoms with Gasteiger partial charge in [0.15, 0.2) is 17.4 Å². The lowest BCUT2D eigenvalue weighted by atomic mass is 10.2. The first-order valence-electron chi connectivity index (χ1n) is 7.13. The Morgan fingerprint density at radius 1 is 1.32 bits per heavy atom. The highest BCUT2D eigenvalue weighted by atomic mass is 16.5. The number of ether oxygens (including phenoxy) is 1. The third kappa shape index (κ3) is 2.47. The summed E-state index contributed by atoms with van der Waals surface area (Å²) in [5.41, 5.74) is 1.99. The fourth-order valence-electron chi connectivity index (χ4n) is 2.36. The molecule has 6 nitrogen and oxygen atoms in total. The minimum atomic E-state index is 0.536. The summed E-state index contributed by atoms with van der Waals surface area (Å²) in [7, 11) is 3.44. The summed E-state index contributed by atoms with van der Waals surface area (Å²) in [5.74, 6) is 3.56. The van der Waals surface area contributed by atoms with E-state index in [0.717, 1.165) is 29.1 Å². The third-order valence-corrected chi connectivity index (χ3v) is 3.53. The van der Waals surface area contributed by atoms with Gasteiger partial charge in [-0.3, -0.25) is 0 Å². The molecule has 0 N–H and O–H groups in total. The van der Waals surface area contributed by atoms with E-state index in [1.165, 1.54) is 0 Å². The van der Waals surface area contributed by atoms with Crippen molar-refractivity contribution in [2.75, 3.05) is 7.11 Å². The lowest BCUT2D eigenvalue weighted by Crippen LogP contribution is -1.93. The van der Waals surface area contributed by atoms with Crippen LogP contribution >= 0.6 is 0 Å². The van der Waals surface area contributed by atoms with Crippen LogP contribution in [-0.4, -0.2) is 26.9 Å². The van der Waals surface area contributed by atoms with E-state index in [9.17, 15) is 0 Å². The number of hydrogen-bond donors (Lipinski definition) is 0. The van der Waals surface area contributed by atoms with E-state index in [4.69, 9.17) is 9.15 Å². The summed E-state index contributed by atoms with van der Waals surface area (Å²) in [6.45, 7) is 4.11. The highest BCUT2D eigenvalue weighted by Crippen LogP contribution is 2.27. The summed E-state index contributed by atoms with van der Waals surface area (Å²) in [4.78, 5) is 8.68. The molecule has 3 aromatic rings. The number of pyridine rings is 1. The summed E-state index contributed by atoms with van der Waals surface area (Å²) in [6.07, 6.45) is 2.54. The van der Waals surface area contributed by atoms with E-state index in [1.807, 2.05) is 32.2 Å². The quantitative estimate of drug-likeness (QED) is 0.740. The smallest absolute Gasteiger partial charge is 0.213 e. The molecule has 0 aliphatic rings. The van der Waals surface area contributed by atoms with E-state index in [-0.39, 0.29) is 0 Å². The molecule has 3 heterocycles. The molecule has 0 bridgehead atoms. The van der Waals surface area contributed by atoms with Gasteiger partial charge >= 0.3 is 0 Å². The van der Waals surface area contributed by atoms with Crippen LogP contribution in [0.3, 0.4) is 0 Å². The molecule has 114 valence electrons. The molecule has 0 saturated carbocycles. The van der Waals surface area contributed by atoms with Crippen LogP contribution in [0.25, 0.3) is 23.0 Å². The first-order chi connectivity index (χ1) is 10.6. The van der Waals surface area contributed by atoms with Crippen LogP contribution in [-0.2, 0) is 13.5 Å². The van der Waals surface area contributed by atoms with E-state index in [0.29, 0.717) is 17.5 Å². The molecule has 0 aliphatic heterocycles. The average molecular weight is 298 g/mol. The Bertz CT molecular complexity index is 804. The Hall–Kier alpha value is -2.63. The zero-order chi connectivity index (χ0) is 15.7. The second-order valence-corrected chi connectivity index (χ2v) is 5.04. The summed E-state index contributed by atoms with van der Waals surface area (Å²) in [6, 6.07) is 5.66. The van der Waals surface area contributed by atoms with Gasteiger partial charge in [0.1, 0.15) is 5.76 Å². The van der Waals surface area contributed by atoms with Gasteiger partial charge in [-0.2, -0.15) is 5.10 Å². The molecule has 6 heteroatoms. The van der Waals surface area contributed by atoms with Gasteiger partial charge in [0.25, 0.3) is 0 Å². The summed E-state index contributed by atoms with van der Waals surface area (Å²) < 4.78 is 12.7. The fraction of sp³-hybridized carbons (Fsp3) is 0.312. The van der Waals surface area contributed by atoms with Crippen molar-refractivity contribution in [2.24, 2.45) is 7.05 Å². The predicted molar refractivity (Wildman–Crippen MR) is 82.6 cm³/mol. The Morgan fingerprint density at radius 2 is 2.14 bits per heavy atom. The molecule has 0 aliphatic carbocycles. The van der Waals surface area contributed by atoms with E-state index >= 15 is 0 Å². The molecule has 3 aromatic heterocycles. The van der Waals surface area contributed by atoms with Crippen LogP contribution in [0.4, 0.5) is 0 Å². The molecule has 0 unspecified atom stereocenters. The maximum atomic E-state index is 5.86. The van der Waals surface area contributed by atoms with Crippen LogP contribution in [0, 0.1) is 6.92 Å². The predicted octanol–water partition coefficient (Wildman–Crippen LogP) is 3.02. The van der Waals surface area contributed by atoms with E-state index in [1.54, 1.807) is 18.0 Å². The first-order valence-corrected chi connectivity index (χ1v) is 7.13. The van der Waals surface area contributed by atoms with Crippen LogP contribution in [0.15, 0.2) is 28.8 Å². The number of hydrogen-bond acceptors (Lipinski definition) is 5. The van der Waals surface area contributed by atoms with Gasteiger partial charge in [0, 0.05) is 31.3 Å². The van der Waals surface area contributed by atoms with Crippen molar-refractivity contribution in [1.29, 1.82) is 0 Å². The second kappa shape index (κ2) is 5.63. The number of aromatic nitrogens is 4. The average Bonchev–Trinajstić information content (AvgIpc) is 3.10. The fourth-order valence-corrected chi connectivity index (χ4v) is 2.36. The van der Waals surface area contributed by atoms with Crippen molar-refractivity contribution >= 4 is 0 Å². The zero-order valence-electron chi connectivity index (χ0n) is 13.1. The van der Waals surface area contributed by atoms with Gasteiger partial charge in [-0.05, 0) is 24.6 Å². The standard InChI is InChI=1S/C16H18N4O2/c1-5-12-10(2)8-13(22-12)16-18-15(19-20(16)3)11-6-7-17-14(9-11)21-4/h6-9H,5H2,1-4H3. The van der Waals surface area contributed by atoms with Gasteiger partial charge in [0.2, 0.25) is 5.88 Å². The molecule has 0 fully saturated rings. The number of aryl methyl sites for hydroxylation is 3. The monoisotopic (exact) mass is 298 g/mol. The summed E-state index contributed by atoms with van der Waals surface area (Å²) >= 11 is 0. The molecule has 3 rings (SSSR count). The molecule has 0 amide bonds. The van der Waals surface area contributed by atoms with Crippen LogP contribution in [0.1, 0.15) is 18.2 Å². The van der Waals surface area contributed by atoms with E-state index in [2.05, 4.69) is 22.0 Å². The van der Waals surface area contributed by atoms with Gasteiger partial charge in [-0.1, -0.05) is 6.92 Å². The topological polar surface area (TPSA) is 66.0 Å². The normalized spacial score (nSPS) is 10.9. The molecular formula is C16H18N4O2. The highest BCUT2D eigenvalue weighted by molar-refractivity contribution is 5.60. The van der Waals surface area contributed by atoms with Crippen molar-refractivity contribution in [3.63, 3.8) is 0 Å². The van der Waals surface area contributed by atoms with Crippen LogP contribution in [0.5, 0.6) is 5.88 Å². The number of methoxy groups -OCH3 is 1. The number of rotatable bonds is 4. The Morgan fingerprint density at radius 3 is 2.82 bits per heavy atom. The molecule has 0 spiro atoms. The van der Waals surface area contributed by atoms with Crippen molar-refractivity contribution in [2.45, 2.75) is 20.3 Å². The van der Waals surface area contributed by atoms with Gasteiger partial charge in [-0.25, -0.2) is 14.6 Å². The highest BCUT2D eigenvalue weighted by Gasteiger charge is 2.16. The summed E-state index contributed by atoms with van der Waals surface area (Å²) in [5, 5.41) is 4.46. The van der Waals surface area contributed by atoms with Gasteiger partial charge in [0.05, 0.1) is 7.11 Å². The first kappa shape index (κ1) is 14.3. The Labute approximate surface area is 128 Å². The van der Waals surface area contributed by atoms with Gasteiger partial charge < -0.3 is 9.15 Å². The van der Waals surface area contributed by atoms with Gasteiger partial charge in [-0.15, -0.1) is 0 Å². The Balaban J connectivity index is 2.02. The van der Waals surface area contributed by atoms with Crippen molar-refractivity contribution in [3.8, 4) is 28.9 Å². The van der Waals surface area contributed by atoms with E-state index < -0.39 is 0 Å². The maximum absolute atomic E-state index is 5.86. The van der Waals surface area contributed by atoms with Crippen molar-refractivity contribution in [1.82, 2.24) is 19.7 Å². The minimum absolute atomic E-state index is 0.536. The van der Waals surface area contributed by atoms with Crippen molar-refractivity contribution in [3.05, 3.63) is 35.7 Å².